The molecule has 0 spiro atoms. The lowest BCUT2D eigenvalue weighted by Crippen LogP contribution is -2.44. The Balaban J connectivity index is 2.17. The molecule has 0 aromatic heterocycles. The molecule has 0 aliphatic carbocycles. The summed E-state index contributed by atoms with van der Waals surface area (Å²) in [6.45, 7) is 6.59. The van der Waals surface area contributed by atoms with E-state index >= 15 is 0 Å². The summed E-state index contributed by atoms with van der Waals surface area (Å²) in [6, 6.07) is 5.38. The lowest BCUT2D eigenvalue weighted by atomic mass is 10.0. The van der Waals surface area contributed by atoms with E-state index < -0.39 is 11.7 Å². The highest BCUT2D eigenvalue weighted by atomic mass is 32.2. The molecule has 1 fully saturated rings. The molecule has 6 heteroatoms. The van der Waals surface area contributed by atoms with Crippen molar-refractivity contribution < 1.29 is 13.2 Å². The molecule has 0 radical (unpaired) electrons. The Kier molecular flexibility index (Phi) is 5.22. The van der Waals surface area contributed by atoms with Gasteiger partial charge in [-0.25, -0.2) is 0 Å². The summed E-state index contributed by atoms with van der Waals surface area (Å²) >= 11 is 1.94. The molecule has 1 saturated heterocycles. The second kappa shape index (κ2) is 6.58. The van der Waals surface area contributed by atoms with Gasteiger partial charge in [0.1, 0.15) is 0 Å². The first kappa shape index (κ1) is 16.6. The van der Waals surface area contributed by atoms with E-state index in [0.29, 0.717) is 17.0 Å². The minimum atomic E-state index is -4.29. The topological polar surface area (TPSA) is 29.3 Å². The van der Waals surface area contributed by atoms with Crippen LogP contribution in [0.1, 0.15) is 31.0 Å². The number of thioether (sulfide) groups is 1. The zero-order valence-corrected chi connectivity index (χ0v) is 13.0. The Morgan fingerprint density at radius 1 is 1.19 bits per heavy atom. The maximum absolute atomic E-state index is 12.6. The highest BCUT2D eigenvalue weighted by Crippen LogP contribution is 2.33. The van der Waals surface area contributed by atoms with Crippen LogP contribution in [0.3, 0.4) is 0 Å². The van der Waals surface area contributed by atoms with E-state index in [2.05, 4.69) is 18.7 Å². The van der Waals surface area contributed by atoms with Crippen molar-refractivity contribution in [3.63, 3.8) is 0 Å². The average molecular weight is 318 g/mol. The first-order chi connectivity index (χ1) is 9.81. The molecule has 1 aromatic rings. The van der Waals surface area contributed by atoms with Gasteiger partial charge in [0.15, 0.2) is 0 Å². The molecule has 118 valence electrons. The largest absolute Gasteiger partial charge is 0.416 e. The summed E-state index contributed by atoms with van der Waals surface area (Å²) in [4.78, 5) is 2.29. The fraction of sp³-hybridized carbons (Fsp3) is 0.600. The molecule has 21 heavy (non-hydrogen) atoms. The van der Waals surface area contributed by atoms with E-state index in [0.717, 1.165) is 30.8 Å². The number of hydrogen-bond acceptors (Lipinski definition) is 3. The Hall–Kier alpha value is -0.720. The van der Waals surface area contributed by atoms with Gasteiger partial charge in [0.2, 0.25) is 0 Å². The van der Waals surface area contributed by atoms with Crippen LogP contribution < -0.4 is 5.73 Å². The number of alkyl halides is 3. The molecule has 0 saturated carbocycles. The molecular formula is C15H21F3N2S. The van der Waals surface area contributed by atoms with Crippen LogP contribution in [0.5, 0.6) is 0 Å². The van der Waals surface area contributed by atoms with E-state index in [1.54, 1.807) is 12.1 Å². The molecule has 2 rings (SSSR count). The summed E-state index contributed by atoms with van der Waals surface area (Å²) in [5.74, 6) is 0. The van der Waals surface area contributed by atoms with Crippen LogP contribution in [0, 0.1) is 0 Å². The number of nitrogens with zero attached hydrogens (tertiary/aromatic N) is 1. The summed E-state index contributed by atoms with van der Waals surface area (Å²) in [5, 5.41) is 1.02. The van der Waals surface area contributed by atoms with E-state index in [1.807, 2.05) is 11.8 Å². The van der Waals surface area contributed by atoms with Gasteiger partial charge in [0, 0.05) is 36.2 Å². The van der Waals surface area contributed by atoms with Gasteiger partial charge >= 0.3 is 6.18 Å². The van der Waals surface area contributed by atoms with Crippen LogP contribution in [-0.2, 0) is 6.18 Å². The first-order valence-electron chi connectivity index (χ1n) is 7.08. The maximum atomic E-state index is 12.6. The predicted molar refractivity (Wildman–Crippen MR) is 81.3 cm³/mol. The van der Waals surface area contributed by atoms with Gasteiger partial charge in [-0.2, -0.15) is 24.9 Å². The van der Waals surface area contributed by atoms with Gasteiger partial charge in [0.05, 0.1) is 5.56 Å². The molecule has 0 bridgehead atoms. The molecular weight excluding hydrogens is 297 g/mol. The van der Waals surface area contributed by atoms with Gasteiger partial charge in [-0.3, -0.25) is 4.90 Å². The minimum Gasteiger partial charge on any atom is -0.329 e. The molecule has 1 aliphatic heterocycles. The van der Waals surface area contributed by atoms with Crippen molar-refractivity contribution in [1.82, 2.24) is 4.90 Å². The van der Waals surface area contributed by atoms with Crippen molar-refractivity contribution in [3.8, 4) is 0 Å². The van der Waals surface area contributed by atoms with Gasteiger partial charge in [-0.15, -0.1) is 0 Å². The maximum Gasteiger partial charge on any atom is 0.416 e. The summed E-state index contributed by atoms with van der Waals surface area (Å²) in [5.41, 5.74) is 6.12. The van der Waals surface area contributed by atoms with Gasteiger partial charge < -0.3 is 5.73 Å². The third-order valence-corrected chi connectivity index (χ3v) is 4.96. The second-order valence-electron chi connectivity index (χ2n) is 5.58. The highest BCUT2D eigenvalue weighted by molar-refractivity contribution is 8.00. The number of rotatable bonds is 3. The van der Waals surface area contributed by atoms with Gasteiger partial charge in [-0.05, 0) is 17.7 Å². The Bertz CT molecular complexity index is 451. The number of halogens is 3. The predicted octanol–water partition coefficient (Wildman–Crippen LogP) is 3.53. The van der Waals surface area contributed by atoms with Crippen molar-refractivity contribution >= 4 is 11.8 Å². The lowest BCUT2D eigenvalue weighted by Gasteiger charge is -2.39. The molecule has 1 aliphatic rings. The average Bonchev–Trinajstić information content (AvgIpc) is 2.38. The first-order valence-corrected chi connectivity index (χ1v) is 8.02. The SMILES string of the molecule is CC1CN(C(CN)c2ccc(C(F)(F)F)cc2)CC(C)S1. The van der Waals surface area contributed by atoms with Gasteiger partial charge in [0.25, 0.3) is 0 Å². The zero-order chi connectivity index (χ0) is 15.6. The second-order valence-corrected chi connectivity index (χ2v) is 7.46. The van der Waals surface area contributed by atoms with E-state index in [9.17, 15) is 13.2 Å². The number of hydrogen-bond donors (Lipinski definition) is 1. The molecule has 2 nitrogen and oxygen atoms in total. The van der Waals surface area contributed by atoms with Gasteiger partial charge in [-0.1, -0.05) is 26.0 Å². The Morgan fingerprint density at radius 3 is 2.14 bits per heavy atom. The van der Waals surface area contributed by atoms with E-state index in [4.69, 9.17) is 5.73 Å². The fourth-order valence-electron chi connectivity index (χ4n) is 2.86. The van der Waals surface area contributed by atoms with Crippen LogP contribution in [0.15, 0.2) is 24.3 Å². The van der Waals surface area contributed by atoms with Crippen molar-refractivity contribution in [3.05, 3.63) is 35.4 Å². The van der Waals surface area contributed by atoms with Crippen LogP contribution in [0.25, 0.3) is 0 Å². The standard InChI is InChI=1S/C15H21F3N2S/c1-10-8-20(9-11(2)21-10)14(7-19)12-3-5-13(6-4-12)15(16,17)18/h3-6,10-11,14H,7-9,19H2,1-2H3. The van der Waals surface area contributed by atoms with Crippen molar-refractivity contribution in [2.24, 2.45) is 5.73 Å². The lowest BCUT2D eigenvalue weighted by molar-refractivity contribution is -0.137. The van der Waals surface area contributed by atoms with Crippen LogP contribution >= 0.6 is 11.8 Å². The normalized spacial score (nSPS) is 25.8. The fourth-order valence-corrected chi connectivity index (χ4v) is 4.21. The van der Waals surface area contributed by atoms with Crippen LogP contribution in [0.4, 0.5) is 13.2 Å². The Labute approximate surface area is 127 Å². The molecule has 1 aromatic carbocycles. The zero-order valence-electron chi connectivity index (χ0n) is 12.2. The minimum absolute atomic E-state index is 0.0157. The quantitative estimate of drug-likeness (QED) is 0.924. The third-order valence-electron chi connectivity index (χ3n) is 3.73. The van der Waals surface area contributed by atoms with Crippen LogP contribution in [-0.4, -0.2) is 35.0 Å². The van der Waals surface area contributed by atoms with Crippen molar-refractivity contribution in [2.75, 3.05) is 19.6 Å². The molecule has 2 N–H and O–H groups in total. The third kappa shape index (κ3) is 4.14. The summed E-state index contributed by atoms with van der Waals surface area (Å²) in [6.07, 6.45) is -4.29. The molecule has 1 heterocycles. The number of nitrogens with two attached hydrogens (primary N) is 1. The summed E-state index contributed by atoms with van der Waals surface area (Å²) in [7, 11) is 0. The van der Waals surface area contributed by atoms with E-state index in [1.165, 1.54) is 0 Å². The molecule has 3 unspecified atom stereocenters. The molecule has 0 amide bonds. The monoisotopic (exact) mass is 318 g/mol. The smallest absolute Gasteiger partial charge is 0.329 e. The van der Waals surface area contributed by atoms with Crippen LogP contribution in [0.2, 0.25) is 0 Å². The van der Waals surface area contributed by atoms with E-state index in [-0.39, 0.29) is 6.04 Å². The molecule has 3 atom stereocenters. The Morgan fingerprint density at radius 2 is 1.71 bits per heavy atom. The summed E-state index contributed by atoms with van der Waals surface area (Å²) < 4.78 is 37.9. The van der Waals surface area contributed by atoms with Crippen molar-refractivity contribution in [2.45, 2.75) is 36.6 Å². The number of benzene rings is 1. The van der Waals surface area contributed by atoms with Crippen molar-refractivity contribution in [1.29, 1.82) is 0 Å². The highest BCUT2D eigenvalue weighted by Gasteiger charge is 2.31.